The summed E-state index contributed by atoms with van der Waals surface area (Å²) in [6.45, 7) is 6.49. The fraction of sp³-hybridized carbons (Fsp3) is 0.647. The Morgan fingerprint density at radius 3 is 1.52 bits per heavy atom. The van der Waals surface area contributed by atoms with E-state index < -0.39 is 11.1 Å². The summed E-state index contributed by atoms with van der Waals surface area (Å²) >= 11 is 0. The van der Waals surface area contributed by atoms with Gasteiger partial charge in [0.1, 0.15) is 11.1 Å². The van der Waals surface area contributed by atoms with Crippen molar-refractivity contribution in [2.75, 3.05) is 13.6 Å². The largest absolute Gasteiger partial charge is 0.373 e. The van der Waals surface area contributed by atoms with Crippen LogP contribution in [0, 0.1) is 0 Å². The van der Waals surface area contributed by atoms with Crippen LogP contribution in [0.2, 0.25) is 0 Å². The average molecular weight is 466 g/mol. The number of halogens is 1. The molecule has 2 rings (SSSR count). The molecule has 2 aliphatic heterocycles. The van der Waals surface area contributed by atoms with Crippen molar-refractivity contribution < 1.29 is 38.4 Å². The third-order valence-electron chi connectivity index (χ3n) is 4.95. The number of nitrogens with one attached hydrogen (secondary N) is 3. The van der Waals surface area contributed by atoms with Gasteiger partial charge < -0.3 is 0 Å². The Kier molecular flexibility index (Phi) is 16.9. The molecule has 13 nitrogen and oxygen atoms in total. The molecule has 2 atom stereocenters. The van der Waals surface area contributed by atoms with Crippen LogP contribution in [-0.2, 0) is 38.4 Å². The van der Waals surface area contributed by atoms with Crippen molar-refractivity contribution in [1.29, 1.82) is 0 Å². The van der Waals surface area contributed by atoms with E-state index in [4.69, 9.17) is 25.0 Å². The van der Waals surface area contributed by atoms with Crippen LogP contribution in [0.25, 0.3) is 0 Å². The van der Waals surface area contributed by atoms with E-state index in [2.05, 4.69) is 16.1 Å². The van der Waals surface area contributed by atoms with E-state index in [1.165, 1.54) is 0 Å². The molecule has 0 spiro atoms. The van der Waals surface area contributed by atoms with E-state index in [0.717, 1.165) is 6.54 Å². The molecule has 2 heterocycles. The molecule has 2 saturated heterocycles. The molecule has 176 valence electrons. The van der Waals surface area contributed by atoms with Crippen LogP contribution in [0.15, 0.2) is 0 Å². The monoisotopic (exact) mass is 465 g/mol. The molecule has 2 unspecified atom stereocenters. The number of hydrogen-bond donors (Lipinski definition) is 4. The highest BCUT2D eigenvalue weighted by Gasteiger charge is 2.47. The predicted molar refractivity (Wildman–Crippen MR) is 104 cm³/mol. The summed E-state index contributed by atoms with van der Waals surface area (Å²) < 4.78 is 0. The molecule has 31 heavy (non-hydrogen) atoms. The van der Waals surface area contributed by atoms with Crippen molar-refractivity contribution in [2.24, 2.45) is 5.84 Å². The average Bonchev–Trinajstić information content (AvgIpc) is 3.17. The van der Waals surface area contributed by atoms with Gasteiger partial charge in [-0.05, 0) is 26.4 Å². The molecular formula is C17H28ClN5O8. The molecule has 0 aliphatic carbocycles. The van der Waals surface area contributed by atoms with Crippen molar-refractivity contribution in [2.45, 2.75) is 57.5 Å². The molecule has 2 fully saturated rings. The number of likely N-dealkylation sites (N-methyl/N-ethyl adjacent to an activating group) is 1. The van der Waals surface area contributed by atoms with E-state index in [0.29, 0.717) is 19.3 Å². The molecule has 0 radical (unpaired) electrons. The van der Waals surface area contributed by atoms with Gasteiger partial charge in [-0.3, -0.25) is 40.6 Å². The number of carbonyl (C=O) groups is 4. The van der Waals surface area contributed by atoms with Gasteiger partial charge in [0.25, 0.3) is 0 Å². The Morgan fingerprint density at radius 2 is 1.32 bits per heavy atom. The minimum Gasteiger partial charge on any atom is -0.295 e. The minimum atomic E-state index is -0.864. The molecule has 2 aliphatic rings. The zero-order chi connectivity index (χ0) is 24.0. The van der Waals surface area contributed by atoms with E-state index in [1.807, 2.05) is 25.8 Å². The lowest BCUT2D eigenvalue weighted by molar-refractivity contribution is -0.193. The maximum absolute atomic E-state index is 11.6. The van der Waals surface area contributed by atoms with Gasteiger partial charge >= 0.3 is 12.3 Å². The van der Waals surface area contributed by atoms with Crippen LogP contribution < -0.4 is 21.9 Å². The zero-order valence-corrected chi connectivity index (χ0v) is 18.6. The quantitative estimate of drug-likeness (QED) is 0.199. The summed E-state index contributed by atoms with van der Waals surface area (Å²) in [6.07, 6.45) is 2.13. The second kappa shape index (κ2) is 16.0. The van der Waals surface area contributed by atoms with Crippen LogP contribution in [0.4, 0.5) is 0 Å². The number of nitrogens with two attached hydrogens (primary N) is 1. The predicted octanol–water partition coefficient (Wildman–Crippen LogP) is -1.97. The van der Waals surface area contributed by atoms with Crippen molar-refractivity contribution in [3.8, 4) is 0 Å². The van der Waals surface area contributed by atoms with Crippen molar-refractivity contribution in [3.63, 3.8) is 0 Å². The van der Waals surface area contributed by atoms with Gasteiger partial charge in [0, 0.05) is 0 Å². The minimum absolute atomic E-state index is 0. The molecule has 0 aromatic carbocycles. The molecule has 0 aromatic heterocycles. The first kappa shape index (κ1) is 32.9. The van der Waals surface area contributed by atoms with Gasteiger partial charge in [0.2, 0.25) is 23.6 Å². The molecular weight excluding hydrogens is 438 g/mol. The van der Waals surface area contributed by atoms with Crippen LogP contribution in [0.3, 0.4) is 0 Å². The molecule has 0 aromatic rings. The third kappa shape index (κ3) is 8.85. The highest BCUT2D eigenvalue weighted by atomic mass is 35.5. The maximum Gasteiger partial charge on any atom is 0.373 e. The van der Waals surface area contributed by atoms with Gasteiger partial charge in [-0.25, -0.2) is 5.43 Å². The summed E-state index contributed by atoms with van der Waals surface area (Å²) in [5.41, 5.74) is 0.919. The fourth-order valence-corrected chi connectivity index (χ4v) is 2.95. The van der Waals surface area contributed by atoms with E-state index in [1.54, 1.807) is 6.92 Å². The van der Waals surface area contributed by atoms with Gasteiger partial charge in [0.05, 0.1) is 12.8 Å². The summed E-state index contributed by atoms with van der Waals surface area (Å²) in [5, 5.41) is 4.54. The van der Waals surface area contributed by atoms with Crippen molar-refractivity contribution in [1.82, 2.24) is 21.0 Å². The first-order chi connectivity index (χ1) is 14.0. The maximum atomic E-state index is 11.6. The second-order valence-corrected chi connectivity index (χ2v) is 6.25. The number of hydrazine groups is 1. The van der Waals surface area contributed by atoms with Gasteiger partial charge in [-0.15, -0.1) is 12.4 Å². The van der Waals surface area contributed by atoms with E-state index in [9.17, 15) is 19.2 Å². The topological polar surface area (TPSA) is 202 Å². The third-order valence-corrected chi connectivity index (χ3v) is 4.95. The molecule has 0 saturated carbocycles. The lowest BCUT2D eigenvalue weighted by atomic mass is 9.92. The standard InChI is InChI=1S/C9H16N2O2.C6H11N3O2.2CO2.ClH/c1-4-9(11(3)5-2)6-7(12)10-8(9)13;1-2-6(9-7)3-4(10)8-5(6)11;2*2-1-3;/h4-6H2,1-3H3,(H,10,12,13);9H,2-3,7H2,1H3,(H,8,10,11);;;1H. The fourth-order valence-electron chi connectivity index (χ4n) is 2.95. The highest BCUT2D eigenvalue weighted by molar-refractivity contribution is 6.08. The molecule has 4 amide bonds. The van der Waals surface area contributed by atoms with Crippen molar-refractivity contribution >= 4 is 48.3 Å². The van der Waals surface area contributed by atoms with E-state index in [-0.39, 0.29) is 54.8 Å². The summed E-state index contributed by atoms with van der Waals surface area (Å²) in [4.78, 5) is 78.9. The van der Waals surface area contributed by atoms with Crippen LogP contribution in [-0.4, -0.2) is 65.5 Å². The smallest absolute Gasteiger partial charge is 0.295 e. The van der Waals surface area contributed by atoms with Crippen LogP contribution in [0.5, 0.6) is 0 Å². The second-order valence-electron chi connectivity index (χ2n) is 6.25. The number of carbonyl (C=O) groups excluding carboxylic acids is 8. The number of hydrogen-bond acceptors (Lipinski definition) is 11. The normalized spacial score (nSPS) is 23.3. The number of nitrogens with zero attached hydrogens (tertiary/aromatic N) is 1. The Bertz CT molecular complexity index is 689. The summed E-state index contributed by atoms with van der Waals surface area (Å²) in [5.74, 6) is 4.27. The van der Waals surface area contributed by atoms with Crippen molar-refractivity contribution in [3.05, 3.63) is 0 Å². The number of imide groups is 2. The van der Waals surface area contributed by atoms with Gasteiger partial charge in [-0.2, -0.15) is 19.2 Å². The van der Waals surface area contributed by atoms with Crippen LogP contribution in [0.1, 0.15) is 46.5 Å². The Labute approximate surface area is 185 Å². The van der Waals surface area contributed by atoms with Crippen LogP contribution >= 0.6 is 12.4 Å². The Hall–Kier alpha value is -2.79. The zero-order valence-electron chi connectivity index (χ0n) is 17.7. The number of amides is 4. The Morgan fingerprint density at radius 1 is 0.903 bits per heavy atom. The lowest BCUT2D eigenvalue weighted by Gasteiger charge is -2.33. The summed E-state index contributed by atoms with van der Waals surface area (Å²) in [6, 6.07) is 0. The molecule has 14 heteroatoms. The first-order valence-electron chi connectivity index (χ1n) is 8.90. The SMILES string of the molecule is CCC1(NN)CC(=O)NC1=O.CCN(C)C1(CC)CC(=O)NC1=O.Cl.O=C=O.O=C=O. The van der Waals surface area contributed by atoms with Gasteiger partial charge in [-0.1, -0.05) is 20.8 Å². The lowest BCUT2D eigenvalue weighted by Crippen LogP contribution is -2.53. The Balaban J connectivity index is -0.000000396. The first-order valence-corrected chi connectivity index (χ1v) is 8.90. The molecule has 5 N–H and O–H groups in total. The molecule has 0 bridgehead atoms. The summed E-state index contributed by atoms with van der Waals surface area (Å²) in [7, 11) is 1.88. The van der Waals surface area contributed by atoms with E-state index >= 15 is 0 Å². The highest BCUT2D eigenvalue weighted by Crippen LogP contribution is 2.27. The number of rotatable bonds is 5. The van der Waals surface area contributed by atoms with Gasteiger partial charge in [0.15, 0.2) is 0 Å².